The Morgan fingerprint density at radius 3 is 1.08 bits per heavy atom. The van der Waals surface area contributed by atoms with Gasteiger partial charge in [-0.15, -0.1) is 0 Å². The van der Waals surface area contributed by atoms with Crippen molar-refractivity contribution in [2.45, 2.75) is 117 Å². The van der Waals surface area contributed by atoms with Gasteiger partial charge < -0.3 is 20.6 Å². The molecule has 0 aromatic rings. The largest absolute Gasteiger partial charge is 1.00 e. The predicted octanol–water partition coefficient (Wildman–Crippen LogP) is 6.25. The number of hydrogen-bond acceptors (Lipinski definition) is 2. The van der Waals surface area contributed by atoms with Crippen LogP contribution in [0, 0.1) is 0 Å². The van der Waals surface area contributed by atoms with Gasteiger partial charge in [-0.2, -0.15) is 0 Å². The van der Waals surface area contributed by atoms with Crippen molar-refractivity contribution in [2.24, 2.45) is 9.98 Å². The first-order chi connectivity index (χ1) is 10.6. The van der Waals surface area contributed by atoms with Gasteiger partial charge in [0.1, 0.15) is 0 Å². The van der Waals surface area contributed by atoms with Crippen LogP contribution in [-0.4, -0.2) is 33.8 Å². The monoisotopic (exact) mass is 728 g/mol. The molecule has 6 heteroatoms. The molecular weight excluding hydrogens is 690 g/mol. The maximum atomic E-state index is 4.56. The zero-order valence-corrected chi connectivity index (χ0v) is 22.6. The minimum absolute atomic E-state index is 0. The number of rotatable bonds is 0. The van der Waals surface area contributed by atoms with Crippen molar-refractivity contribution in [3.8, 4) is 0 Å². The molecular formula is C20H38Au2N4. The minimum atomic E-state index is 0. The number of aliphatic imine (C=N–C) groups is 2. The Hall–Kier alpha value is 0.421. The molecule has 0 saturated carbocycles. The molecule has 0 atom stereocenters. The summed E-state index contributed by atoms with van der Waals surface area (Å²) >= 11 is 0. The number of nitrogens with zero attached hydrogens (tertiary/aromatic N) is 4. The van der Waals surface area contributed by atoms with Crippen LogP contribution in [0.5, 0.6) is 0 Å². The zero-order valence-electron chi connectivity index (χ0n) is 18.2. The molecule has 26 heavy (non-hydrogen) atoms. The molecule has 0 aromatic heterocycles. The summed E-state index contributed by atoms with van der Waals surface area (Å²) in [5.41, 5.74) is 0.312. The Bertz CT molecular complexity index is 449. The Kier molecular flexibility index (Phi) is 11.3. The molecule has 2 heterocycles. The fourth-order valence-corrected chi connectivity index (χ4v) is 2.69. The van der Waals surface area contributed by atoms with Gasteiger partial charge in [-0.05, 0) is 47.8 Å². The summed E-state index contributed by atoms with van der Waals surface area (Å²) in [6.07, 6.45) is 4.37. The molecule has 0 aromatic carbocycles. The first-order valence-electron chi connectivity index (χ1n) is 9.20. The Balaban J connectivity index is 0. The quantitative estimate of drug-likeness (QED) is 0.265. The van der Waals surface area contributed by atoms with E-state index in [4.69, 9.17) is 0 Å². The van der Waals surface area contributed by atoms with Crippen LogP contribution in [0.25, 0.3) is 10.6 Å². The maximum absolute atomic E-state index is 4.56. The molecule has 160 valence electrons. The van der Waals surface area contributed by atoms with Crippen molar-refractivity contribution in [3.63, 3.8) is 0 Å². The van der Waals surface area contributed by atoms with E-state index in [0.717, 1.165) is 37.4 Å². The van der Waals surface area contributed by atoms with E-state index in [9.17, 15) is 0 Å². The van der Waals surface area contributed by atoms with Crippen molar-refractivity contribution < 1.29 is 44.8 Å². The van der Waals surface area contributed by atoms with Gasteiger partial charge in [0.15, 0.2) is 0 Å². The van der Waals surface area contributed by atoms with Crippen LogP contribution in [0.15, 0.2) is 9.98 Å². The van der Waals surface area contributed by atoms with E-state index in [1.807, 2.05) is 0 Å². The van der Waals surface area contributed by atoms with Crippen molar-refractivity contribution >= 4 is 11.7 Å². The minimum Gasteiger partial charge on any atom is -0.463 e. The Labute approximate surface area is 193 Å². The van der Waals surface area contributed by atoms with Crippen LogP contribution in [0.3, 0.4) is 0 Å². The summed E-state index contributed by atoms with van der Waals surface area (Å²) in [5, 5.41) is 9.11. The Morgan fingerprint density at radius 2 is 0.923 bits per heavy atom. The second kappa shape index (κ2) is 10.3. The molecule has 0 amide bonds. The standard InChI is InChI=1S/2C10H19N2.2Au/c2*1-9(2,3)11-8-6-7-10(4,5)12-8;;/h2*6-7H2,1-5H3;;/q2*-1;2*+1. The van der Waals surface area contributed by atoms with Gasteiger partial charge in [-0.1, -0.05) is 80.9 Å². The van der Waals surface area contributed by atoms with Crippen LogP contribution in [-0.2, 0) is 44.8 Å². The molecule has 2 aliphatic rings. The summed E-state index contributed by atoms with van der Waals surface area (Å²) in [4.78, 5) is 9.11. The van der Waals surface area contributed by atoms with E-state index in [1.54, 1.807) is 0 Å². The molecule has 2 aliphatic heterocycles. The molecule has 0 N–H and O–H groups in total. The number of amidine groups is 2. The van der Waals surface area contributed by atoms with E-state index in [0.29, 0.717) is 0 Å². The van der Waals surface area contributed by atoms with Crippen LogP contribution < -0.4 is 0 Å². The normalized spacial score (nSPS) is 23.9. The average Bonchev–Trinajstić information content (AvgIpc) is 2.77. The third-order valence-electron chi connectivity index (χ3n) is 3.71. The molecule has 2 fully saturated rings. The van der Waals surface area contributed by atoms with Crippen molar-refractivity contribution in [1.29, 1.82) is 0 Å². The van der Waals surface area contributed by atoms with Crippen LogP contribution in [0.2, 0.25) is 0 Å². The van der Waals surface area contributed by atoms with E-state index in [1.165, 1.54) is 0 Å². The summed E-state index contributed by atoms with van der Waals surface area (Å²) in [6.45, 7) is 21.3. The van der Waals surface area contributed by atoms with Gasteiger partial charge in [0.2, 0.25) is 0 Å². The predicted molar refractivity (Wildman–Crippen MR) is 108 cm³/mol. The van der Waals surface area contributed by atoms with Crippen LogP contribution in [0.4, 0.5) is 0 Å². The Morgan fingerprint density at radius 1 is 0.654 bits per heavy atom. The van der Waals surface area contributed by atoms with Gasteiger partial charge in [0.05, 0.1) is 0 Å². The molecule has 2 saturated heterocycles. The second-order valence-corrected chi connectivity index (χ2v) is 10.2. The fraction of sp³-hybridized carbons (Fsp3) is 0.900. The molecule has 4 nitrogen and oxygen atoms in total. The average molecular weight is 728 g/mol. The first kappa shape index (κ1) is 28.6. The van der Waals surface area contributed by atoms with Gasteiger partial charge in [-0.3, -0.25) is 0 Å². The van der Waals surface area contributed by atoms with Gasteiger partial charge in [0, 0.05) is 0 Å². The van der Waals surface area contributed by atoms with Gasteiger partial charge in [-0.25, -0.2) is 0 Å². The summed E-state index contributed by atoms with van der Waals surface area (Å²) in [5.74, 6) is 2.10. The smallest absolute Gasteiger partial charge is 0.463 e. The van der Waals surface area contributed by atoms with Crippen molar-refractivity contribution in [3.05, 3.63) is 10.6 Å². The SMILES string of the molecule is CC(C)(C)N=C1CCC(C)(C)[N-]1.CC(C)(C)N=C1CCC(C)(C)[N-]1.[Au+].[Au+]. The molecule has 0 spiro atoms. The third-order valence-corrected chi connectivity index (χ3v) is 3.71. The zero-order chi connectivity index (χ0) is 18.8. The van der Waals surface area contributed by atoms with Crippen LogP contribution in [0.1, 0.15) is 94.9 Å². The first-order valence-corrected chi connectivity index (χ1v) is 9.20. The molecule has 0 radical (unpaired) electrons. The van der Waals surface area contributed by atoms with Crippen molar-refractivity contribution in [1.82, 2.24) is 0 Å². The summed E-state index contributed by atoms with van der Waals surface area (Å²) < 4.78 is 0. The van der Waals surface area contributed by atoms with Gasteiger partial charge >= 0.3 is 44.8 Å². The molecule has 0 aliphatic carbocycles. The molecule has 0 bridgehead atoms. The summed E-state index contributed by atoms with van der Waals surface area (Å²) in [6, 6.07) is 0. The van der Waals surface area contributed by atoms with Gasteiger partial charge in [0.25, 0.3) is 0 Å². The third kappa shape index (κ3) is 12.7. The second-order valence-electron chi connectivity index (χ2n) is 10.2. The molecule has 0 unspecified atom stereocenters. The number of hydrogen-bond donors (Lipinski definition) is 0. The fourth-order valence-electron chi connectivity index (χ4n) is 2.69. The van der Waals surface area contributed by atoms with Crippen LogP contribution >= 0.6 is 0 Å². The van der Waals surface area contributed by atoms with E-state index < -0.39 is 0 Å². The molecule has 2 rings (SSSR count). The van der Waals surface area contributed by atoms with E-state index >= 15 is 0 Å². The van der Waals surface area contributed by atoms with E-state index in [-0.39, 0.29) is 66.9 Å². The van der Waals surface area contributed by atoms with Crippen molar-refractivity contribution in [2.75, 3.05) is 0 Å². The summed E-state index contributed by atoms with van der Waals surface area (Å²) in [7, 11) is 0. The van der Waals surface area contributed by atoms with E-state index in [2.05, 4.69) is 89.9 Å². The topological polar surface area (TPSA) is 52.9 Å². The maximum Gasteiger partial charge on any atom is 1.00 e.